The fourth-order valence-corrected chi connectivity index (χ4v) is 0.773. The molecule has 0 aromatic carbocycles. The SMILES string of the molecule is O=C(O)CCn1cccnc1=O. The van der Waals surface area contributed by atoms with Gasteiger partial charge in [-0.3, -0.25) is 9.36 Å². The van der Waals surface area contributed by atoms with Crippen molar-refractivity contribution in [2.24, 2.45) is 0 Å². The zero-order valence-electron chi connectivity index (χ0n) is 6.30. The summed E-state index contributed by atoms with van der Waals surface area (Å²) >= 11 is 0. The molecule has 5 nitrogen and oxygen atoms in total. The molecule has 1 N–H and O–H groups in total. The lowest BCUT2D eigenvalue weighted by Gasteiger charge is -1.99. The number of aliphatic carboxylic acids is 1. The predicted molar refractivity (Wildman–Crippen MR) is 40.7 cm³/mol. The summed E-state index contributed by atoms with van der Waals surface area (Å²) in [6.07, 6.45) is 2.82. The van der Waals surface area contributed by atoms with Crippen LogP contribution in [0, 0.1) is 0 Å². The van der Waals surface area contributed by atoms with Gasteiger partial charge in [-0.1, -0.05) is 0 Å². The molecule has 1 aromatic heterocycles. The highest BCUT2D eigenvalue weighted by atomic mass is 16.4. The van der Waals surface area contributed by atoms with Gasteiger partial charge in [0.25, 0.3) is 0 Å². The van der Waals surface area contributed by atoms with E-state index in [-0.39, 0.29) is 13.0 Å². The second-order valence-electron chi connectivity index (χ2n) is 2.24. The molecule has 5 heteroatoms. The monoisotopic (exact) mass is 168 g/mol. The van der Waals surface area contributed by atoms with E-state index in [0.717, 1.165) is 0 Å². The summed E-state index contributed by atoms with van der Waals surface area (Å²) < 4.78 is 1.26. The lowest BCUT2D eigenvalue weighted by atomic mass is 10.4. The second kappa shape index (κ2) is 3.66. The Morgan fingerprint density at radius 2 is 2.42 bits per heavy atom. The van der Waals surface area contributed by atoms with Crippen molar-refractivity contribution >= 4 is 5.97 Å². The fourth-order valence-electron chi connectivity index (χ4n) is 0.773. The first kappa shape index (κ1) is 8.45. The normalized spacial score (nSPS) is 9.67. The molecule has 0 amide bonds. The van der Waals surface area contributed by atoms with Gasteiger partial charge in [-0.2, -0.15) is 0 Å². The Balaban J connectivity index is 2.70. The molecule has 0 aliphatic rings. The van der Waals surface area contributed by atoms with E-state index >= 15 is 0 Å². The standard InChI is InChI=1S/C7H8N2O3/c10-6(11)2-5-9-4-1-3-8-7(9)12/h1,3-4H,2,5H2,(H,10,11). The number of rotatable bonds is 3. The summed E-state index contributed by atoms with van der Waals surface area (Å²) in [6.45, 7) is 0.169. The summed E-state index contributed by atoms with van der Waals surface area (Å²) in [4.78, 5) is 24.5. The van der Waals surface area contributed by atoms with Crippen LogP contribution in [-0.4, -0.2) is 20.6 Å². The molecular weight excluding hydrogens is 160 g/mol. The zero-order chi connectivity index (χ0) is 8.97. The van der Waals surface area contributed by atoms with Crippen LogP contribution >= 0.6 is 0 Å². The number of carboxylic acids is 1. The third-order valence-corrected chi connectivity index (χ3v) is 1.35. The molecule has 1 rings (SSSR count). The lowest BCUT2D eigenvalue weighted by Crippen LogP contribution is -2.22. The smallest absolute Gasteiger partial charge is 0.347 e. The van der Waals surface area contributed by atoms with E-state index in [4.69, 9.17) is 5.11 Å². The maximum Gasteiger partial charge on any atom is 0.347 e. The van der Waals surface area contributed by atoms with Gasteiger partial charge in [-0.15, -0.1) is 0 Å². The molecule has 0 aliphatic carbocycles. The van der Waals surface area contributed by atoms with E-state index in [1.807, 2.05) is 0 Å². The number of aromatic nitrogens is 2. The van der Waals surface area contributed by atoms with E-state index in [9.17, 15) is 9.59 Å². The van der Waals surface area contributed by atoms with E-state index in [2.05, 4.69) is 4.98 Å². The summed E-state index contributed by atoms with van der Waals surface area (Å²) in [5.74, 6) is -0.925. The van der Waals surface area contributed by atoms with Gasteiger partial charge in [0.15, 0.2) is 0 Å². The summed E-state index contributed by atoms with van der Waals surface area (Å²) in [5.41, 5.74) is -0.418. The van der Waals surface area contributed by atoms with Crippen LogP contribution in [0.5, 0.6) is 0 Å². The van der Waals surface area contributed by atoms with Crippen LogP contribution in [0.2, 0.25) is 0 Å². The van der Waals surface area contributed by atoms with Gasteiger partial charge in [0.05, 0.1) is 6.42 Å². The average molecular weight is 168 g/mol. The van der Waals surface area contributed by atoms with Crippen LogP contribution in [0.4, 0.5) is 0 Å². The Morgan fingerprint density at radius 1 is 1.67 bits per heavy atom. The topological polar surface area (TPSA) is 72.2 Å². The summed E-state index contributed by atoms with van der Waals surface area (Å²) in [7, 11) is 0. The van der Waals surface area contributed by atoms with Crippen LogP contribution < -0.4 is 5.69 Å². The molecule has 0 aliphatic heterocycles. The van der Waals surface area contributed by atoms with Crippen LogP contribution in [0.25, 0.3) is 0 Å². The number of hydrogen-bond acceptors (Lipinski definition) is 3. The Morgan fingerprint density at radius 3 is 3.00 bits per heavy atom. The van der Waals surface area contributed by atoms with E-state index in [0.29, 0.717) is 0 Å². The van der Waals surface area contributed by atoms with Gasteiger partial charge < -0.3 is 5.11 Å². The Bertz CT molecular complexity index is 331. The van der Waals surface area contributed by atoms with E-state index in [1.54, 1.807) is 6.07 Å². The quantitative estimate of drug-likeness (QED) is 0.673. The number of nitrogens with zero attached hydrogens (tertiary/aromatic N) is 2. The first-order chi connectivity index (χ1) is 5.70. The van der Waals surface area contributed by atoms with Crippen LogP contribution in [0.1, 0.15) is 6.42 Å². The van der Waals surface area contributed by atoms with Crippen molar-refractivity contribution in [1.29, 1.82) is 0 Å². The first-order valence-electron chi connectivity index (χ1n) is 3.43. The van der Waals surface area contributed by atoms with Gasteiger partial charge >= 0.3 is 11.7 Å². The van der Waals surface area contributed by atoms with E-state index in [1.165, 1.54) is 17.0 Å². The van der Waals surface area contributed by atoms with Crippen molar-refractivity contribution in [3.8, 4) is 0 Å². The van der Waals surface area contributed by atoms with E-state index < -0.39 is 11.7 Å². The van der Waals surface area contributed by atoms with Crippen molar-refractivity contribution in [3.63, 3.8) is 0 Å². The number of aryl methyl sites for hydroxylation is 1. The highest BCUT2D eigenvalue weighted by Gasteiger charge is 1.98. The minimum Gasteiger partial charge on any atom is -0.481 e. The largest absolute Gasteiger partial charge is 0.481 e. The molecule has 0 bridgehead atoms. The van der Waals surface area contributed by atoms with Crippen LogP contribution in [-0.2, 0) is 11.3 Å². The molecular formula is C7H8N2O3. The molecule has 0 radical (unpaired) electrons. The number of carbonyl (C=O) groups is 1. The van der Waals surface area contributed by atoms with Crippen molar-refractivity contribution < 1.29 is 9.90 Å². The molecule has 1 aromatic rings. The van der Waals surface area contributed by atoms with Crippen molar-refractivity contribution in [3.05, 3.63) is 28.9 Å². The molecule has 1 heterocycles. The van der Waals surface area contributed by atoms with Crippen molar-refractivity contribution in [1.82, 2.24) is 9.55 Å². The molecule has 64 valence electrons. The first-order valence-corrected chi connectivity index (χ1v) is 3.43. The molecule has 0 saturated carbocycles. The molecule has 0 fully saturated rings. The fraction of sp³-hybridized carbons (Fsp3) is 0.286. The van der Waals surface area contributed by atoms with Gasteiger partial charge in [-0.25, -0.2) is 9.78 Å². The van der Waals surface area contributed by atoms with Gasteiger partial charge in [0.1, 0.15) is 0 Å². The highest BCUT2D eigenvalue weighted by molar-refractivity contribution is 5.66. The summed E-state index contributed by atoms with van der Waals surface area (Å²) in [6, 6.07) is 1.59. The van der Waals surface area contributed by atoms with Gasteiger partial charge in [0, 0.05) is 18.9 Å². The predicted octanol–water partition coefficient (Wildman–Crippen LogP) is -0.282. The second-order valence-corrected chi connectivity index (χ2v) is 2.24. The lowest BCUT2D eigenvalue weighted by molar-refractivity contribution is -0.137. The van der Waals surface area contributed by atoms with Gasteiger partial charge in [-0.05, 0) is 6.07 Å². The maximum absolute atomic E-state index is 10.9. The number of carboxylic acid groups (broad SMARTS) is 1. The molecule has 0 atom stereocenters. The average Bonchev–Trinajstić information content (AvgIpc) is 2.03. The zero-order valence-corrected chi connectivity index (χ0v) is 6.30. The van der Waals surface area contributed by atoms with Crippen LogP contribution in [0.3, 0.4) is 0 Å². The Hall–Kier alpha value is -1.65. The Labute approximate surface area is 68.3 Å². The Kier molecular flexibility index (Phi) is 2.57. The third-order valence-electron chi connectivity index (χ3n) is 1.35. The van der Waals surface area contributed by atoms with Crippen LogP contribution in [0.15, 0.2) is 23.3 Å². The molecule has 12 heavy (non-hydrogen) atoms. The maximum atomic E-state index is 10.9. The minimum absolute atomic E-state index is 0.0639. The molecule has 0 saturated heterocycles. The summed E-state index contributed by atoms with van der Waals surface area (Å²) in [5, 5.41) is 8.33. The highest BCUT2D eigenvalue weighted by Crippen LogP contribution is 1.85. The molecule has 0 unspecified atom stereocenters. The van der Waals surface area contributed by atoms with Crippen molar-refractivity contribution in [2.45, 2.75) is 13.0 Å². The van der Waals surface area contributed by atoms with Crippen molar-refractivity contribution in [2.75, 3.05) is 0 Å². The third kappa shape index (κ3) is 2.19. The number of hydrogen-bond donors (Lipinski definition) is 1. The minimum atomic E-state index is -0.925. The van der Waals surface area contributed by atoms with Gasteiger partial charge in [0.2, 0.25) is 0 Å². The molecule has 0 spiro atoms.